The molecule has 0 fully saturated rings. The molecule has 0 aliphatic rings. The lowest BCUT2D eigenvalue weighted by Gasteiger charge is -2.33. The van der Waals surface area contributed by atoms with Crippen molar-refractivity contribution in [1.29, 1.82) is 0 Å². The van der Waals surface area contributed by atoms with Crippen molar-refractivity contribution in [2.75, 3.05) is 31.6 Å². The van der Waals surface area contributed by atoms with Crippen molar-refractivity contribution in [2.24, 2.45) is 0 Å². The molecule has 0 aliphatic carbocycles. The summed E-state index contributed by atoms with van der Waals surface area (Å²) in [6, 6.07) is 18.6. The molecule has 3 aromatic carbocycles. The normalized spacial score (nSPS) is 11.8. The number of benzene rings is 3. The van der Waals surface area contributed by atoms with Crippen molar-refractivity contribution in [3.05, 3.63) is 83.4 Å². The summed E-state index contributed by atoms with van der Waals surface area (Å²) < 4.78 is 39.7. The molecule has 0 saturated carbocycles. The van der Waals surface area contributed by atoms with E-state index in [9.17, 15) is 18.0 Å². The van der Waals surface area contributed by atoms with Gasteiger partial charge in [0.25, 0.3) is 10.0 Å². The topological polar surface area (TPSA) is 105 Å². The highest BCUT2D eigenvalue weighted by molar-refractivity contribution is 7.92. The first-order valence-corrected chi connectivity index (χ1v) is 15.1. The highest BCUT2D eigenvalue weighted by atomic mass is 35.5. The molecule has 0 heterocycles. The fourth-order valence-corrected chi connectivity index (χ4v) is 5.94. The van der Waals surface area contributed by atoms with Crippen LogP contribution in [0, 0.1) is 0 Å². The van der Waals surface area contributed by atoms with E-state index in [0.717, 1.165) is 10.7 Å². The van der Waals surface area contributed by atoms with Gasteiger partial charge in [-0.3, -0.25) is 13.9 Å². The van der Waals surface area contributed by atoms with Gasteiger partial charge in [0.05, 0.1) is 24.8 Å². The Labute approximate surface area is 247 Å². The number of carbonyl (C=O) groups is 2. The SMILES string of the molecule is CCCNC(=O)C(CC)N(Cc1ccccc1Cl)C(=O)CN(c1ccccc1OC)S(=O)(=O)c1ccc(OC)cc1. The molecule has 0 aromatic heterocycles. The zero-order valence-electron chi connectivity index (χ0n) is 23.7. The number of nitrogens with one attached hydrogen (secondary N) is 1. The maximum atomic E-state index is 14.1. The van der Waals surface area contributed by atoms with E-state index in [1.54, 1.807) is 55.5 Å². The zero-order valence-corrected chi connectivity index (χ0v) is 25.2. The first-order valence-electron chi connectivity index (χ1n) is 13.3. The van der Waals surface area contributed by atoms with E-state index in [-0.39, 0.29) is 28.8 Å². The second-order valence-corrected chi connectivity index (χ2v) is 11.5. The standard InChI is InChI=1S/C30H36ClN3O6S/c1-5-19-32-30(36)26(6-2)33(20-22-11-7-8-12-25(22)31)29(35)21-34(27-13-9-10-14-28(27)40-4)41(37,38)24-17-15-23(39-3)16-18-24/h7-18,26H,5-6,19-21H2,1-4H3,(H,32,36). The van der Waals surface area contributed by atoms with Crippen LogP contribution in [0.25, 0.3) is 0 Å². The van der Waals surface area contributed by atoms with E-state index >= 15 is 0 Å². The summed E-state index contributed by atoms with van der Waals surface area (Å²) in [6.07, 6.45) is 1.04. The molecule has 3 rings (SSSR count). The number of ether oxygens (including phenoxy) is 2. The molecule has 1 unspecified atom stereocenters. The highest BCUT2D eigenvalue weighted by Gasteiger charge is 2.34. The summed E-state index contributed by atoms with van der Waals surface area (Å²) in [6.45, 7) is 3.61. The smallest absolute Gasteiger partial charge is 0.264 e. The number of halogens is 1. The lowest BCUT2D eigenvalue weighted by Crippen LogP contribution is -2.52. The van der Waals surface area contributed by atoms with E-state index < -0.39 is 28.5 Å². The van der Waals surface area contributed by atoms with Gasteiger partial charge in [-0.05, 0) is 60.9 Å². The summed E-state index contributed by atoms with van der Waals surface area (Å²) in [7, 11) is -1.36. The highest BCUT2D eigenvalue weighted by Crippen LogP contribution is 2.33. The predicted molar refractivity (Wildman–Crippen MR) is 160 cm³/mol. The van der Waals surface area contributed by atoms with E-state index in [1.165, 1.54) is 43.4 Å². The van der Waals surface area contributed by atoms with Crippen molar-refractivity contribution in [1.82, 2.24) is 10.2 Å². The van der Waals surface area contributed by atoms with Gasteiger partial charge in [0.2, 0.25) is 11.8 Å². The number of amides is 2. The average molecular weight is 602 g/mol. The van der Waals surface area contributed by atoms with E-state index in [1.807, 2.05) is 6.92 Å². The van der Waals surface area contributed by atoms with Gasteiger partial charge in [-0.15, -0.1) is 0 Å². The van der Waals surface area contributed by atoms with Crippen molar-refractivity contribution < 1.29 is 27.5 Å². The maximum absolute atomic E-state index is 14.1. The lowest BCUT2D eigenvalue weighted by atomic mass is 10.1. The first-order chi connectivity index (χ1) is 19.7. The molecule has 41 heavy (non-hydrogen) atoms. The van der Waals surface area contributed by atoms with Gasteiger partial charge in [-0.2, -0.15) is 0 Å². The Morgan fingerprint density at radius 1 is 0.927 bits per heavy atom. The zero-order chi connectivity index (χ0) is 30.0. The molecule has 220 valence electrons. The monoisotopic (exact) mass is 601 g/mol. The van der Waals surface area contributed by atoms with Crippen LogP contribution in [-0.4, -0.2) is 58.5 Å². The number of nitrogens with zero attached hydrogens (tertiary/aromatic N) is 2. The number of methoxy groups -OCH3 is 2. The second-order valence-electron chi connectivity index (χ2n) is 9.19. The molecule has 3 aromatic rings. The lowest BCUT2D eigenvalue weighted by molar-refractivity contribution is -0.140. The number of hydrogen-bond acceptors (Lipinski definition) is 6. The minimum Gasteiger partial charge on any atom is -0.497 e. The van der Waals surface area contributed by atoms with E-state index in [4.69, 9.17) is 21.1 Å². The molecular weight excluding hydrogens is 566 g/mol. The number of carbonyl (C=O) groups excluding carboxylic acids is 2. The second kappa shape index (κ2) is 14.7. The Balaban J connectivity index is 2.10. The Kier molecular flexibility index (Phi) is 11.4. The fourth-order valence-electron chi connectivity index (χ4n) is 4.32. The Morgan fingerprint density at radius 3 is 2.20 bits per heavy atom. The Hall–Kier alpha value is -3.76. The van der Waals surface area contributed by atoms with Gasteiger partial charge in [-0.1, -0.05) is 55.8 Å². The van der Waals surface area contributed by atoms with Gasteiger partial charge in [-0.25, -0.2) is 8.42 Å². The quantitative estimate of drug-likeness (QED) is 0.282. The van der Waals surface area contributed by atoms with Gasteiger partial charge in [0, 0.05) is 18.1 Å². The van der Waals surface area contributed by atoms with Crippen molar-refractivity contribution >= 4 is 39.1 Å². The van der Waals surface area contributed by atoms with Gasteiger partial charge >= 0.3 is 0 Å². The number of para-hydroxylation sites is 2. The third-order valence-electron chi connectivity index (χ3n) is 6.51. The minimum absolute atomic E-state index is 0.0128. The molecule has 11 heteroatoms. The van der Waals surface area contributed by atoms with Crippen molar-refractivity contribution in [3.8, 4) is 11.5 Å². The van der Waals surface area contributed by atoms with Crippen LogP contribution in [0.5, 0.6) is 11.5 Å². The van der Waals surface area contributed by atoms with Crippen LogP contribution in [0.2, 0.25) is 5.02 Å². The average Bonchev–Trinajstić information content (AvgIpc) is 2.99. The van der Waals surface area contributed by atoms with Crippen LogP contribution in [0.15, 0.2) is 77.7 Å². The molecule has 0 saturated heterocycles. The summed E-state index contributed by atoms with van der Waals surface area (Å²) in [5.74, 6) is -0.149. The van der Waals surface area contributed by atoms with Gasteiger partial charge in [0.1, 0.15) is 24.1 Å². The van der Waals surface area contributed by atoms with Gasteiger partial charge < -0.3 is 19.7 Å². The van der Waals surface area contributed by atoms with Crippen LogP contribution in [0.3, 0.4) is 0 Å². The van der Waals surface area contributed by atoms with Crippen LogP contribution in [0.4, 0.5) is 5.69 Å². The molecular formula is C30H36ClN3O6S. The summed E-state index contributed by atoms with van der Waals surface area (Å²) >= 11 is 6.43. The maximum Gasteiger partial charge on any atom is 0.264 e. The van der Waals surface area contributed by atoms with E-state index in [2.05, 4.69) is 5.32 Å². The number of anilines is 1. The Bertz CT molecular complexity index is 1430. The Morgan fingerprint density at radius 2 is 1.59 bits per heavy atom. The molecule has 2 amide bonds. The van der Waals surface area contributed by atoms with Gasteiger partial charge in [0.15, 0.2) is 0 Å². The van der Waals surface area contributed by atoms with Crippen LogP contribution in [0.1, 0.15) is 32.3 Å². The molecule has 9 nitrogen and oxygen atoms in total. The van der Waals surface area contributed by atoms with E-state index in [0.29, 0.717) is 29.3 Å². The third kappa shape index (κ3) is 7.71. The predicted octanol–water partition coefficient (Wildman–Crippen LogP) is 4.89. The number of hydrogen-bond donors (Lipinski definition) is 1. The molecule has 1 N–H and O–H groups in total. The molecule has 0 radical (unpaired) electrons. The third-order valence-corrected chi connectivity index (χ3v) is 8.66. The molecule has 1 atom stereocenters. The van der Waals surface area contributed by atoms with Crippen LogP contribution >= 0.6 is 11.6 Å². The molecule has 0 aliphatic heterocycles. The fraction of sp³-hybridized carbons (Fsp3) is 0.333. The summed E-state index contributed by atoms with van der Waals surface area (Å²) in [4.78, 5) is 28.7. The number of sulfonamides is 1. The van der Waals surface area contributed by atoms with Crippen molar-refractivity contribution in [3.63, 3.8) is 0 Å². The largest absolute Gasteiger partial charge is 0.497 e. The molecule has 0 bridgehead atoms. The van der Waals surface area contributed by atoms with Crippen LogP contribution < -0.4 is 19.1 Å². The summed E-state index contributed by atoms with van der Waals surface area (Å²) in [5, 5.41) is 3.29. The first kappa shape index (κ1) is 31.8. The minimum atomic E-state index is -4.26. The molecule has 0 spiro atoms. The summed E-state index contributed by atoms with van der Waals surface area (Å²) in [5.41, 5.74) is 0.812. The van der Waals surface area contributed by atoms with Crippen molar-refractivity contribution in [2.45, 2.75) is 44.2 Å². The van der Waals surface area contributed by atoms with Crippen LogP contribution in [-0.2, 0) is 26.2 Å². The number of rotatable bonds is 14.